The number of oxazole rings is 1. The maximum Gasteiger partial charge on any atom is 0.273 e. The average molecular weight is 313 g/mol. The van der Waals surface area contributed by atoms with E-state index in [0.717, 1.165) is 24.2 Å². The molecule has 1 aliphatic rings. The van der Waals surface area contributed by atoms with Crippen molar-refractivity contribution in [1.82, 2.24) is 10.3 Å². The van der Waals surface area contributed by atoms with Crippen molar-refractivity contribution in [2.45, 2.75) is 32.7 Å². The van der Waals surface area contributed by atoms with Crippen LogP contribution in [0.15, 0.2) is 35.1 Å². The quantitative estimate of drug-likeness (QED) is 0.941. The lowest BCUT2D eigenvalue weighted by atomic mass is 10.1. The SMILES string of the molecule is Cc1ocnc1C(=O)N[C@H](C)c1cccc(N2CCCC2=O)c1. The molecular formula is C17H19N3O3. The predicted molar refractivity (Wildman–Crippen MR) is 85.2 cm³/mol. The standard InChI is InChI=1S/C17H19N3O3/c1-11(19-17(22)16-12(2)23-10-18-16)13-5-3-6-14(9-13)20-8-4-7-15(20)21/h3,5-6,9-11H,4,7-8H2,1-2H3,(H,19,22)/t11-/m1/s1. The maximum atomic E-state index is 12.2. The molecule has 1 fully saturated rings. The zero-order valence-corrected chi connectivity index (χ0v) is 13.2. The number of aryl methyl sites for hydroxylation is 1. The third-order valence-electron chi connectivity index (χ3n) is 4.06. The van der Waals surface area contributed by atoms with Crippen LogP contribution in [0.3, 0.4) is 0 Å². The van der Waals surface area contributed by atoms with Crippen molar-refractivity contribution in [3.05, 3.63) is 47.7 Å². The van der Waals surface area contributed by atoms with Gasteiger partial charge in [-0.05, 0) is 38.0 Å². The van der Waals surface area contributed by atoms with E-state index >= 15 is 0 Å². The first-order valence-electron chi connectivity index (χ1n) is 7.67. The molecule has 0 bridgehead atoms. The summed E-state index contributed by atoms with van der Waals surface area (Å²) in [4.78, 5) is 29.8. The Morgan fingerprint density at radius 1 is 1.43 bits per heavy atom. The van der Waals surface area contributed by atoms with Crippen LogP contribution in [0.2, 0.25) is 0 Å². The van der Waals surface area contributed by atoms with Crippen molar-refractivity contribution in [3.8, 4) is 0 Å². The summed E-state index contributed by atoms with van der Waals surface area (Å²) >= 11 is 0. The van der Waals surface area contributed by atoms with Gasteiger partial charge in [-0.25, -0.2) is 4.98 Å². The summed E-state index contributed by atoms with van der Waals surface area (Å²) in [6.45, 7) is 4.35. The summed E-state index contributed by atoms with van der Waals surface area (Å²) < 4.78 is 5.06. The Morgan fingerprint density at radius 3 is 2.91 bits per heavy atom. The molecule has 23 heavy (non-hydrogen) atoms. The van der Waals surface area contributed by atoms with Gasteiger partial charge in [0.25, 0.3) is 5.91 Å². The van der Waals surface area contributed by atoms with Gasteiger partial charge < -0.3 is 14.6 Å². The fraction of sp³-hybridized carbons (Fsp3) is 0.353. The lowest BCUT2D eigenvalue weighted by Gasteiger charge is -2.19. The first-order chi connectivity index (χ1) is 11.1. The largest absolute Gasteiger partial charge is 0.448 e. The van der Waals surface area contributed by atoms with Gasteiger partial charge in [0.1, 0.15) is 5.76 Å². The monoisotopic (exact) mass is 313 g/mol. The summed E-state index contributed by atoms with van der Waals surface area (Å²) in [5.41, 5.74) is 2.11. The average Bonchev–Trinajstić information content (AvgIpc) is 3.15. The summed E-state index contributed by atoms with van der Waals surface area (Å²) in [5.74, 6) is 0.370. The zero-order chi connectivity index (χ0) is 16.4. The number of nitrogens with one attached hydrogen (secondary N) is 1. The molecule has 6 nitrogen and oxygen atoms in total. The number of anilines is 1. The molecule has 0 unspecified atom stereocenters. The van der Waals surface area contributed by atoms with Gasteiger partial charge in [0.2, 0.25) is 5.91 Å². The van der Waals surface area contributed by atoms with E-state index in [1.54, 1.807) is 11.8 Å². The normalized spacial score (nSPS) is 15.7. The van der Waals surface area contributed by atoms with E-state index in [1.807, 2.05) is 31.2 Å². The lowest BCUT2D eigenvalue weighted by Crippen LogP contribution is -2.28. The third kappa shape index (κ3) is 3.11. The molecule has 120 valence electrons. The van der Waals surface area contributed by atoms with Crippen LogP contribution in [0.4, 0.5) is 5.69 Å². The molecule has 1 aliphatic heterocycles. The second kappa shape index (κ2) is 6.24. The minimum atomic E-state index is -0.272. The minimum Gasteiger partial charge on any atom is -0.448 e. The van der Waals surface area contributed by atoms with Gasteiger partial charge in [-0.3, -0.25) is 9.59 Å². The van der Waals surface area contributed by atoms with Crippen LogP contribution in [0.1, 0.15) is 47.6 Å². The molecule has 1 N–H and O–H groups in total. The molecule has 6 heteroatoms. The van der Waals surface area contributed by atoms with Crippen LogP contribution in [-0.2, 0) is 4.79 Å². The van der Waals surface area contributed by atoms with Crippen LogP contribution in [0, 0.1) is 6.92 Å². The summed E-state index contributed by atoms with van der Waals surface area (Å²) in [5, 5.41) is 2.90. The van der Waals surface area contributed by atoms with Crippen LogP contribution < -0.4 is 10.2 Å². The number of carbonyl (C=O) groups is 2. The Balaban J connectivity index is 1.75. The number of hydrogen-bond donors (Lipinski definition) is 1. The molecule has 0 saturated carbocycles. The highest BCUT2D eigenvalue weighted by Gasteiger charge is 2.22. The predicted octanol–water partition coefficient (Wildman–Crippen LogP) is 2.60. The zero-order valence-electron chi connectivity index (χ0n) is 13.2. The van der Waals surface area contributed by atoms with Crippen molar-refractivity contribution in [1.29, 1.82) is 0 Å². The number of carbonyl (C=O) groups excluding carboxylic acids is 2. The fourth-order valence-electron chi connectivity index (χ4n) is 2.75. The molecule has 2 aromatic rings. The highest BCUT2D eigenvalue weighted by Crippen LogP contribution is 2.25. The van der Waals surface area contributed by atoms with E-state index in [9.17, 15) is 9.59 Å². The second-order valence-electron chi connectivity index (χ2n) is 5.70. The number of amides is 2. The third-order valence-corrected chi connectivity index (χ3v) is 4.06. The van der Waals surface area contributed by atoms with E-state index in [-0.39, 0.29) is 17.9 Å². The van der Waals surface area contributed by atoms with Gasteiger partial charge in [-0.2, -0.15) is 0 Å². The topological polar surface area (TPSA) is 75.4 Å². The molecule has 1 saturated heterocycles. The van der Waals surface area contributed by atoms with Crippen molar-refractivity contribution in [2.24, 2.45) is 0 Å². The van der Waals surface area contributed by atoms with Crippen molar-refractivity contribution < 1.29 is 14.0 Å². The van der Waals surface area contributed by atoms with Gasteiger partial charge in [-0.1, -0.05) is 12.1 Å². The second-order valence-corrected chi connectivity index (χ2v) is 5.70. The van der Waals surface area contributed by atoms with Crippen LogP contribution >= 0.6 is 0 Å². The fourth-order valence-corrected chi connectivity index (χ4v) is 2.75. The van der Waals surface area contributed by atoms with Crippen molar-refractivity contribution in [3.63, 3.8) is 0 Å². The van der Waals surface area contributed by atoms with Crippen molar-refractivity contribution >= 4 is 17.5 Å². The van der Waals surface area contributed by atoms with Crippen LogP contribution in [0.5, 0.6) is 0 Å². The molecule has 0 radical (unpaired) electrons. The van der Waals surface area contributed by atoms with E-state index in [1.165, 1.54) is 6.39 Å². The van der Waals surface area contributed by atoms with Gasteiger partial charge in [0.05, 0.1) is 6.04 Å². The highest BCUT2D eigenvalue weighted by molar-refractivity contribution is 5.95. The Kier molecular flexibility index (Phi) is 4.14. The maximum absolute atomic E-state index is 12.2. The molecule has 3 rings (SSSR count). The first kappa shape index (κ1) is 15.3. The van der Waals surface area contributed by atoms with E-state index < -0.39 is 0 Å². The number of rotatable bonds is 4. The molecule has 1 aromatic heterocycles. The van der Waals surface area contributed by atoms with E-state index in [4.69, 9.17) is 4.42 Å². The van der Waals surface area contributed by atoms with Crippen LogP contribution in [0.25, 0.3) is 0 Å². The molecular weight excluding hydrogens is 294 g/mol. The number of hydrogen-bond acceptors (Lipinski definition) is 4. The molecule has 2 amide bonds. The Labute approximate surface area is 134 Å². The smallest absolute Gasteiger partial charge is 0.273 e. The number of benzene rings is 1. The molecule has 0 spiro atoms. The number of nitrogens with zero attached hydrogens (tertiary/aromatic N) is 2. The number of aromatic nitrogens is 1. The highest BCUT2D eigenvalue weighted by atomic mass is 16.3. The molecule has 2 heterocycles. The summed E-state index contributed by atoms with van der Waals surface area (Å²) in [6, 6.07) is 7.51. The van der Waals surface area contributed by atoms with Gasteiger partial charge in [0, 0.05) is 18.7 Å². The van der Waals surface area contributed by atoms with Gasteiger partial charge in [-0.15, -0.1) is 0 Å². The minimum absolute atomic E-state index is 0.150. The van der Waals surface area contributed by atoms with Gasteiger partial charge in [0.15, 0.2) is 12.1 Å². The Hall–Kier alpha value is -2.63. The van der Waals surface area contributed by atoms with Crippen LogP contribution in [-0.4, -0.2) is 23.3 Å². The Morgan fingerprint density at radius 2 is 2.26 bits per heavy atom. The van der Waals surface area contributed by atoms with E-state index in [2.05, 4.69) is 10.3 Å². The summed E-state index contributed by atoms with van der Waals surface area (Å²) in [7, 11) is 0. The lowest BCUT2D eigenvalue weighted by molar-refractivity contribution is -0.117. The van der Waals surface area contributed by atoms with E-state index in [0.29, 0.717) is 17.9 Å². The van der Waals surface area contributed by atoms with Crippen molar-refractivity contribution in [2.75, 3.05) is 11.4 Å². The van der Waals surface area contributed by atoms with Gasteiger partial charge >= 0.3 is 0 Å². The molecule has 0 aliphatic carbocycles. The first-order valence-corrected chi connectivity index (χ1v) is 7.67. The molecule has 1 aromatic carbocycles. The Bertz CT molecular complexity index is 738. The molecule has 1 atom stereocenters. The summed E-state index contributed by atoms with van der Waals surface area (Å²) in [6.07, 6.45) is 2.75.